The molecule has 1 aliphatic rings. The molecule has 2 N–H and O–H groups in total. The maximum absolute atomic E-state index is 11.9. The lowest BCUT2D eigenvalue weighted by Crippen LogP contribution is -2.36. The highest BCUT2D eigenvalue weighted by Crippen LogP contribution is 2.39. The molecule has 0 radical (unpaired) electrons. The monoisotopic (exact) mass is 341 g/mol. The molecular weight excluding hydrogens is 314 g/mol. The lowest BCUT2D eigenvalue weighted by atomic mass is 9.88. The summed E-state index contributed by atoms with van der Waals surface area (Å²) in [5.74, 6) is 1.06. The average molecular weight is 341 g/mol. The highest BCUT2D eigenvalue weighted by atomic mass is 32.2. The minimum atomic E-state index is -0.389. The molecule has 2 rings (SSSR count). The summed E-state index contributed by atoms with van der Waals surface area (Å²) in [5.41, 5.74) is 0.186. The van der Waals surface area contributed by atoms with Gasteiger partial charge in [0, 0.05) is 42.5 Å². The fourth-order valence-corrected chi connectivity index (χ4v) is 4.25. The summed E-state index contributed by atoms with van der Waals surface area (Å²) in [6, 6.07) is 0.406. The first-order valence-electron chi connectivity index (χ1n) is 7.98. The van der Waals surface area contributed by atoms with Crippen molar-refractivity contribution in [3.05, 3.63) is 32.6 Å². The van der Waals surface area contributed by atoms with E-state index in [2.05, 4.69) is 31.1 Å². The number of hydrogen-bond donors (Lipinski definition) is 2. The van der Waals surface area contributed by atoms with E-state index in [0.29, 0.717) is 42.0 Å². The molecule has 1 aliphatic heterocycles. The lowest BCUT2D eigenvalue weighted by Gasteiger charge is -2.26. The molecule has 0 aromatic carbocycles. The van der Waals surface area contributed by atoms with E-state index >= 15 is 0 Å². The Balaban J connectivity index is 1.98. The first-order chi connectivity index (χ1) is 10.8. The Kier molecular flexibility index (Phi) is 6.11. The molecule has 130 valence electrons. The van der Waals surface area contributed by atoms with E-state index < -0.39 is 0 Å². The van der Waals surface area contributed by atoms with E-state index in [1.807, 2.05) is 11.8 Å². The molecule has 0 amide bonds. The van der Waals surface area contributed by atoms with Crippen molar-refractivity contribution in [2.45, 2.75) is 51.6 Å². The Hall–Kier alpha value is -1.05. The molecule has 2 heterocycles. The smallest absolute Gasteiger partial charge is 0.328 e. The van der Waals surface area contributed by atoms with Gasteiger partial charge in [-0.1, -0.05) is 20.8 Å². The number of nitrogens with zero attached hydrogens (tertiary/aromatic N) is 1. The zero-order chi connectivity index (χ0) is 17.0. The lowest BCUT2D eigenvalue weighted by molar-refractivity contribution is 0.185. The van der Waals surface area contributed by atoms with Crippen LogP contribution in [-0.4, -0.2) is 40.3 Å². The SMILES string of the molecule is COCCn1cc(CNC2CSC(C(C)(C)C)C2)c(=O)[nH]c1=O. The van der Waals surface area contributed by atoms with Crippen LogP contribution in [0.4, 0.5) is 0 Å². The van der Waals surface area contributed by atoms with E-state index in [4.69, 9.17) is 4.74 Å². The van der Waals surface area contributed by atoms with Crippen molar-refractivity contribution in [1.29, 1.82) is 0 Å². The van der Waals surface area contributed by atoms with Gasteiger partial charge in [-0.15, -0.1) is 0 Å². The van der Waals surface area contributed by atoms with Crippen LogP contribution >= 0.6 is 11.8 Å². The number of nitrogens with one attached hydrogen (secondary N) is 2. The first-order valence-corrected chi connectivity index (χ1v) is 9.02. The van der Waals surface area contributed by atoms with Crippen molar-refractivity contribution in [1.82, 2.24) is 14.9 Å². The van der Waals surface area contributed by atoms with Gasteiger partial charge in [-0.05, 0) is 11.8 Å². The molecule has 2 unspecified atom stereocenters. The molecule has 6 nitrogen and oxygen atoms in total. The van der Waals surface area contributed by atoms with Crippen LogP contribution in [-0.2, 0) is 17.8 Å². The number of thioether (sulfide) groups is 1. The number of rotatable bonds is 6. The van der Waals surface area contributed by atoms with Crippen LogP contribution in [0.15, 0.2) is 15.8 Å². The Morgan fingerprint density at radius 3 is 2.78 bits per heavy atom. The van der Waals surface area contributed by atoms with Crippen molar-refractivity contribution >= 4 is 11.8 Å². The topological polar surface area (TPSA) is 76.1 Å². The number of aromatic amines is 1. The summed E-state index contributed by atoms with van der Waals surface area (Å²) in [7, 11) is 1.59. The number of aromatic nitrogens is 2. The molecule has 0 spiro atoms. The van der Waals surface area contributed by atoms with Crippen LogP contribution in [0, 0.1) is 5.41 Å². The molecule has 1 fully saturated rings. The predicted molar refractivity (Wildman–Crippen MR) is 94.1 cm³/mol. The summed E-state index contributed by atoms with van der Waals surface area (Å²) in [4.78, 5) is 26.1. The third kappa shape index (κ3) is 4.96. The largest absolute Gasteiger partial charge is 0.383 e. The molecule has 2 atom stereocenters. The van der Waals surface area contributed by atoms with Crippen LogP contribution in [0.1, 0.15) is 32.8 Å². The zero-order valence-corrected chi connectivity index (χ0v) is 15.2. The van der Waals surface area contributed by atoms with E-state index in [0.717, 1.165) is 12.2 Å². The highest BCUT2D eigenvalue weighted by molar-refractivity contribution is 8.00. The zero-order valence-electron chi connectivity index (χ0n) is 14.3. The Bertz CT molecular complexity index is 633. The highest BCUT2D eigenvalue weighted by Gasteiger charge is 2.33. The van der Waals surface area contributed by atoms with Crippen molar-refractivity contribution < 1.29 is 4.74 Å². The van der Waals surface area contributed by atoms with Gasteiger partial charge in [0.1, 0.15) is 0 Å². The standard InChI is InChI=1S/C16H27N3O3S/c1-16(2,3)13-7-12(10-23-13)17-8-11-9-19(5-6-22-4)15(21)18-14(11)20/h9,12-13,17H,5-8,10H2,1-4H3,(H,18,20,21). The summed E-state index contributed by atoms with van der Waals surface area (Å²) < 4.78 is 6.47. The molecule has 1 aromatic rings. The quantitative estimate of drug-likeness (QED) is 0.813. The Morgan fingerprint density at radius 2 is 2.17 bits per heavy atom. The van der Waals surface area contributed by atoms with Gasteiger partial charge in [0.25, 0.3) is 5.56 Å². The van der Waals surface area contributed by atoms with Crippen LogP contribution in [0.2, 0.25) is 0 Å². The summed E-state index contributed by atoms with van der Waals surface area (Å²) in [6.45, 7) is 8.15. The predicted octanol–water partition coefficient (Wildman–Crippen LogP) is 1.19. The fraction of sp³-hybridized carbons (Fsp3) is 0.750. The Morgan fingerprint density at radius 1 is 1.43 bits per heavy atom. The van der Waals surface area contributed by atoms with Crippen LogP contribution in [0.5, 0.6) is 0 Å². The van der Waals surface area contributed by atoms with Crippen molar-refractivity contribution in [3.63, 3.8) is 0 Å². The average Bonchev–Trinajstić information content (AvgIpc) is 2.94. The van der Waals surface area contributed by atoms with Crippen molar-refractivity contribution in [2.75, 3.05) is 19.5 Å². The van der Waals surface area contributed by atoms with Gasteiger partial charge in [0.05, 0.1) is 13.2 Å². The summed E-state index contributed by atoms with van der Waals surface area (Å²) >= 11 is 1.99. The van der Waals surface area contributed by atoms with Crippen LogP contribution in [0.3, 0.4) is 0 Å². The summed E-state index contributed by atoms with van der Waals surface area (Å²) in [6.07, 6.45) is 2.74. The molecular formula is C16H27N3O3S. The van der Waals surface area contributed by atoms with E-state index in [-0.39, 0.29) is 11.2 Å². The third-order valence-corrected chi connectivity index (χ3v) is 6.06. The van der Waals surface area contributed by atoms with Crippen LogP contribution < -0.4 is 16.6 Å². The second-order valence-corrected chi connectivity index (χ2v) is 8.34. The summed E-state index contributed by atoms with van der Waals surface area (Å²) in [5, 5.41) is 4.09. The van der Waals surface area contributed by atoms with E-state index in [1.165, 1.54) is 4.57 Å². The van der Waals surface area contributed by atoms with Crippen LogP contribution in [0.25, 0.3) is 0 Å². The first kappa shape index (κ1) is 18.3. The van der Waals surface area contributed by atoms with Crippen molar-refractivity contribution in [2.24, 2.45) is 5.41 Å². The van der Waals surface area contributed by atoms with Gasteiger partial charge < -0.3 is 10.1 Å². The third-order valence-electron chi connectivity index (χ3n) is 4.17. The molecule has 1 aromatic heterocycles. The van der Waals surface area contributed by atoms with E-state index in [1.54, 1.807) is 13.3 Å². The normalized spacial score (nSPS) is 21.7. The van der Waals surface area contributed by atoms with Gasteiger partial charge in [0.15, 0.2) is 0 Å². The number of ether oxygens (including phenoxy) is 1. The molecule has 0 aliphatic carbocycles. The van der Waals surface area contributed by atoms with Gasteiger partial charge in [-0.3, -0.25) is 14.3 Å². The number of hydrogen-bond acceptors (Lipinski definition) is 5. The fourth-order valence-electron chi connectivity index (χ4n) is 2.66. The van der Waals surface area contributed by atoms with Gasteiger partial charge in [0.2, 0.25) is 0 Å². The van der Waals surface area contributed by atoms with Crippen molar-refractivity contribution in [3.8, 4) is 0 Å². The van der Waals surface area contributed by atoms with Gasteiger partial charge in [-0.25, -0.2) is 4.79 Å². The second kappa shape index (κ2) is 7.68. The molecule has 1 saturated heterocycles. The minimum absolute atomic E-state index is 0.298. The molecule has 7 heteroatoms. The van der Waals surface area contributed by atoms with E-state index in [9.17, 15) is 9.59 Å². The second-order valence-electron chi connectivity index (χ2n) is 7.10. The van der Waals surface area contributed by atoms with Gasteiger partial charge in [-0.2, -0.15) is 11.8 Å². The number of H-pyrrole nitrogens is 1. The molecule has 23 heavy (non-hydrogen) atoms. The van der Waals surface area contributed by atoms with Gasteiger partial charge >= 0.3 is 5.69 Å². The molecule has 0 saturated carbocycles. The Labute approximate surface area is 141 Å². The maximum atomic E-state index is 11.9. The minimum Gasteiger partial charge on any atom is -0.383 e. The molecule has 0 bridgehead atoms. The maximum Gasteiger partial charge on any atom is 0.328 e. The number of methoxy groups -OCH3 is 1.